The molecule has 1 amide bonds. The standard InChI is InChI=1S/C21H22FN3O2/c1-27-14-13-25(21(26)18-9-5-6-10-19(18)22)16-20-23-11-12-24(20)15-17-7-3-2-4-8-17/h2-12H,13-16H2,1H3. The Balaban J connectivity index is 1.80. The number of halogens is 1. The van der Waals surface area contributed by atoms with Crippen molar-refractivity contribution in [3.63, 3.8) is 0 Å². The predicted molar refractivity (Wildman–Crippen MR) is 101 cm³/mol. The number of rotatable bonds is 8. The highest BCUT2D eigenvalue weighted by atomic mass is 19.1. The molecule has 0 spiro atoms. The number of amides is 1. The highest BCUT2D eigenvalue weighted by Gasteiger charge is 2.20. The molecule has 0 saturated carbocycles. The van der Waals surface area contributed by atoms with Gasteiger partial charge in [0.15, 0.2) is 0 Å². The number of carbonyl (C=O) groups excluding carboxylic acids is 1. The number of methoxy groups -OCH3 is 1. The molecule has 0 atom stereocenters. The van der Waals surface area contributed by atoms with Gasteiger partial charge in [-0.2, -0.15) is 0 Å². The summed E-state index contributed by atoms with van der Waals surface area (Å²) in [4.78, 5) is 18.8. The lowest BCUT2D eigenvalue weighted by Gasteiger charge is -2.23. The first kappa shape index (κ1) is 18.8. The summed E-state index contributed by atoms with van der Waals surface area (Å²) in [5.74, 6) is -0.170. The molecule has 3 aromatic rings. The molecule has 0 N–H and O–H groups in total. The molecule has 0 fully saturated rings. The van der Waals surface area contributed by atoms with Gasteiger partial charge in [-0.25, -0.2) is 9.37 Å². The first-order chi connectivity index (χ1) is 13.2. The van der Waals surface area contributed by atoms with Crippen molar-refractivity contribution in [3.05, 3.63) is 89.8 Å². The number of aromatic nitrogens is 2. The summed E-state index contributed by atoms with van der Waals surface area (Å²) in [6, 6.07) is 16.0. The van der Waals surface area contributed by atoms with Crippen molar-refractivity contribution >= 4 is 5.91 Å². The molecule has 0 unspecified atom stereocenters. The van der Waals surface area contributed by atoms with Crippen molar-refractivity contribution in [1.82, 2.24) is 14.5 Å². The van der Waals surface area contributed by atoms with Gasteiger partial charge in [0.1, 0.15) is 11.6 Å². The molecule has 0 aliphatic rings. The van der Waals surface area contributed by atoms with Gasteiger partial charge in [0, 0.05) is 32.6 Å². The maximum absolute atomic E-state index is 14.1. The Kier molecular flexibility index (Phi) is 6.33. The number of nitrogens with zero attached hydrogens (tertiary/aromatic N) is 3. The maximum atomic E-state index is 14.1. The van der Waals surface area contributed by atoms with E-state index >= 15 is 0 Å². The van der Waals surface area contributed by atoms with Crippen molar-refractivity contribution in [2.24, 2.45) is 0 Å². The molecule has 5 nitrogen and oxygen atoms in total. The van der Waals surface area contributed by atoms with Crippen molar-refractivity contribution in [3.8, 4) is 0 Å². The van der Waals surface area contributed by atoms with Crippen molar-refractivity contribution in [1.29, 1.82) is 0 Å². The van der Waals surface area contributed by atoms with E-state index in [4.69, 9.17) is 4.74 Å². The second-order valence-corrected chi connectivity index (χ2v) is 6.16. The van der Waals surface area contributed by atoms with E-state index in [2.05, 4.69) is 4.98 Å². The van der Waals surface area contributed by atoms with E-state index in [9.17, 15) is 9.18 Å². The van der Waals surface area contributed by atoms with E-state index in [-0.39, 0.29) is 18.0 Å². The Bertz CT molecular complexity index is 880. The first-order valence-corrected chi connectivity index (χ1v) is 8.75. The number of ether oxygens (including phenoxy) is 1. The molecule has 2 aromatic carbocycles. The summed E-state index contributed by atoms with van der Waals surface area (Å²) < 4.78 is 21.2. The quantitative estimate of drug-likeness (QED) is 0.613. The van der Waals surface area contributed by atoms with Gasteiger partial charge in [-0.1, -0.05) is 42.5 Å². The summed E-state index contributed by atoms with van der Waals surface area (Å²) in [5.41, 5.74) is 1.19. The number of imidazole rings is 1. The topological polar surface area (TPSA) is 47.4 Å². The second-order valence-electron chi connectivity index (χ2n) is 6.16. The molecule has 1 heterocycles. The van der Waals surface area contributed by atoms with Crippen LogP contribution in [0.1, 0.15) is 21.7 Å². The van der Waals surface area contributed by atoms with Crippen LogP contribution in [0.4, 0.5) is 4.39 Å². The summed E-state index contributed by atoms with van der Waals surface area (Å²) in [6.07, 6.45) is 3.59. The summed E-state index contributed by atoms with van der Waals surface area (Å²) >= 11 is 0. The van der Waals surface area contributed by atoms with Crippen molar-refractivity contribution in [2.45, 2.75) is 13.1 Å². The Morgan fingerprint density at radius 2 is 1.89 bits per heavy atom. The van der Waals surface area contributed by atoms with Crippen LogP contribution in [0, 0.1) is 5.82 Å². The molecule has 0 aliphatic carbocycles. The zero-order valence-corrected chi connectivity index (χ0v) is 15.2. The molecule has 27 heavy (non-hydrogen) atoms. The van der Waals surface area contributed by atoms with Gasteiger partial charge in [-0.3, -0.25) is 4.79 Å². The number of hydrogen-bond acceptors (Lipinski definition) is 3. The second kappa shape index (κ2) is 9.09. The third kappa shape index (κ3) is 4.80. The lowest BCUT2D eigenvalue weighted by Crippen LogP contribution is -2.35. The monoisotopic (exact) mass is 367 g/mol. The fourth-order valence-corrected chi connectivity index (χ4v) is 2.85. The Hall–Kier alpha value is -2.99. The molecule has 0 saturated heterocycles. The van der Waals surface area contributed by atoms with Gasteiger partial charge in [0.2, 0.25) is 0 Å². The van der Waals surface area contributed by atoms with Crippen LogP contribution in [0.3, 0.4) is 0 Å². The predicted octanol–water partition coefficient (Wildman–Crippen LogP) is 3.36. The lowest BCUT2D eigenvalue weighted by molar-refractivity contribution is 0.0668. The van der Waals surface area contributed by atoms with E-state index in [0.717, 1.165) is 11.4 Å². The van der Waals surface area contributed by atoms with Crippen LogP contribution in [0.2, 0.25) is 0 Å². The lowest BCUT2D eigenvalue weighted by atomic mass is 10.2. The summed E-state index contributed by atoms with van der Waals surface area (Å²) in [6.45, 7) is 1.64. The van der Waals surface area contributed by atoms with E-state index in [1.165, 1.54) is 12.1 Å². The highest BCUT2D eigenvalue weighted by molar-refractivity contribution is 5.94. The average molecular weight is 367 g/mol. The van der Waals surface area contributed by atoms with Crippen LogP contribution in [0.5, 0.6) is 0 Å². The largest absolute Gasteiger partial charge is 0.383 e. The van der Waals surface area contributed by atoms with E-state index in [0.29, 0.717) is 19.7 Å². The zero-order valence-electron chi connectivity index (χ0n) is 15.2. The highest BCUT2D eigenvalue weighted by Crippen LogP contribution is 2.14. The average Bonchev–Trinajstić information content (AvgIpc) is 3.12. The van der Waals surface area contributed by atoms with Crippen LogP contribution in [-0.2, 0) is 17.8 Å². The molecule has 0 aliphatic heterocycles. The third-order valence-corrected chi connectivity index (χ3v) is 4.29. The van der Waals surface area contributed by atoms with Crippen molar-refractivity contribution in [2.75, 3.05) is 20.3 Å². The normalized spacial score (nSPS) is 10.7. The molecule has 1 aromatic heterocycles. The van der Waals surface area contributed by atoms with Crippen LogP contribution < -0.4 is 0 Å². The van der Waals surface area contributed by atoms with Gasteiger partial charge in [-0.15, -0.1) is 0 Å². The van der Waals surface area contributed by atoms with Crippen LogP contribution in [0.15, 0.2) is 67.0 Å². The minimum Gasteiger partial charge on any atom is -0.383 e. The zero-order chi connectivity index (χ0) is 19.1. The minimum absolute atomic E-state index is 0.0507. The van der Waals surface area contributed by atoms with Gasteiger partial charge in [0.25, 0.3) is 5.91 Å². The van der Waals surface area contributed by atoms with Gasteiger partial charge in [-0.05, 0) is 17.7 Å². The van der Waals surface area contributed by atoms with E-state index in [1.807, 2.05) is 41.1 Å². The number of hydrogen-bond donors (Lipinski definition) is 0. The smallest absolute Gasteiger partial charge is 0.257 e. The SMILES string of the molecule is COCCN(Cc1nccn1Cc1ccccc1)C(=O)c1ccccc1F. The Labute approximate surface area is 158 Å². The van der Waals surface area contributed by atoms with Crippen LogP contribution >= 0.6 is 0 Å². The van der Waals surface area contributed by atoms with E-state index in [1.54, 1.807) is 30.3 Å². The molecular weight excluding hydrogens is 345 g/mol. The molecule has 0 bridgehead atoms. The van der Waals surface area contributed by atoms with Crippen LogP contribution in [0.25, 0.3) is 0 Å². The molecule has 140 valence electrons. The fraction of sp³-hybridized carbons (Fsp3) is 0.238. The van der Waals surface area contributed by atoms with Crippen molar-refractivity contribution < 1.29 is 13.9 Å². The van der Waals surface area contributed by atoms with Gasteiger partial charge < -0.3 is 14.2 Å². The van der Waals surface area contributed by atoms with E-state index < -0.39 is 5.82 Å². The molecule has 6 heteroatoms. The summed E-state index contributed by atoms with van der Waals surface area (Å²) in [7, 11) is 1.57. The first-order valence-electron chi connectivity index (χ1n) is 8.75. The third-order valence-electron chi connectivity index (χ3n) is 4.29. The minimum atomic E-state index is -0.530. The maximum Gasteiger partial charge on any atom is 0.257 e. The summed E-state index contributed by atoms with van der Waals surface area (Å²) in [5, 5.41) is 0. The molecule has 0 radical (unpaired) electrons. The Morgan fingerprint density at radius 3 is 2.63 bits per heavy atom. The van der Waals surface area contributed by atoms with Gasteiger partial charge >= 0.3 is 0 Å². The number of benzene rings is 2. The fourth-order valence-electron chi connectivity index (χ4n) is 2.85. The van der Waals surface area contributed by atoms with Crippen LogP contribution in [-0.4, -0.2) is 40.6 Å². The molecule has 3 rings (SSSR count). The number of carbonyl (C=O) groups is 1. The Morgan fingerprint density at radius 1 is 1.15 bits per heavy atom. The molecular formula is C21H22FN3O2. The van der Waals surface area contributed by atoms with Gasteiger partial charge in [0.05, 0.1) is 18.7 Å².